The molecule has 3 nitrogen and oxygen atoms in total. The minimum absolute atomic E-state index is 0.152. The number of rotatable bonds is 1. The monoisotopic (exact) mass is 181 g/mol. The van der Waals surface area contributed by atoms with Gasteiger partial charge >= 0.3 is 0 Å². The van der Waals surface area contributed by atoms with E-state index in [9.17, 15) is 0 Å². The van der Waals surface area contributed by atoms with Gasteiger partial charge in [-0.05, 0) is 32.9 Å². The largest absolute Gasteiger partial charge is 0.508 e. The Hall–Kier alpha value is -1.38. The molecule has 1 aromatic rings. The van der Waals surface area contributed by atoms with Gasteiger partial charge in [-0.1, -0.05) is 0 Å². The standard InChI is InChI=1S/C10H15NO2/c1-10(2,3)13-9-5-4-7(12)6-8(9)11/h4-6,12H,11H2,1-3H3. The highest BCUT2D eigenvalue weighted by molar-refractivity contribution is 5.55. The number of aromatic hydroxyl groups is 1. The molecule has 0 aliphatic carbocycles. The summed E-state index contributed by atoms with van der Waals surface area (Å²) in [5.74, 6) is 0.754. The van der Waals surface area contributed by atoms with Crippen LogP contribution < -0.4 is 10.5 Å². The van der Waals surface area contributed by atoms with Gasteiger partial charge in [0.1, 0.15) is 17.1 Å². The Kier molecular flexibility index (Phi) is 2.36. The molecule has 13 heavy (non-hydrogen) atoms. The zero-order valence-electron chi connectivity index (χ0n) is 8.16. The molecule has 0 unspecified atom stereocenters. The van der Waals surface area contributed by atoms with Crippen molar-refractivity contribution in [3.63, 3.8) is 0 Å². The number of phenols is 1. The molecule has 1 rings (SSSR count). The molecule has 0 fully saturated rings. The summed E-state index contributed by atoms with van der Waals surface area (Å²) in [6, 6.07) is 4.69. The molecule has 0 aromatic heterocycles. The number of nitrogens with two attached hydrogens (primary N) is 1. The number of anilines is 1. The molecular weight excluding hydrogens is 166 g/mol. The normalized spacial score (nSPS) is 11.3. The van der Waals surface area contributed by atoms with Crippen LogP contribution in [0.5, 0.6) is 11.5 Å². The van der Waals surface area contributed by atoms with Crippen molar-refractivity contribution in [1.82, 2.24) is 0 Å². The van der Waals surface area contributed by atoms with E-state index in [2.05, 4.69) is 0 Å². The second-order valence-corrected chi connectivity index (χ2v) is 3.94. The van der Waals surface area contributed by atoms with Gasteiger partial charge in [-0.15, -0.1) is 0 Å². The Balaban J connectivity index is 2.90. The van der Waals surface area contributed by atoms with Gasteiger partial charge in [0, 0.05) is 6.07 Å². The number of benzene rings is 1. The smallest absolute Gasteiger partial charge is 0.143 e. The third kappa shape index (κ3) is 2.86. The highest BCUT2D eigenvalue weighted by Crippen LogP contribution is 2.28. The molecule has 3 heteroatoms. The number of phenolic OH excluding ortho intramolecular Hbond substituents is 1. The second-order valence-electron chi connectivity index (χ2n) is 3.94. The predicted molar refractivity (Wildman–Crippen MR) is 52.9 cm³/mol. The number of ether oxygens (including phenoxy) is 1. The van der Waals surface area contributed by atoms with Crippen molar-refractivity contribution in [3.8, 4) is 11.5 Å². The van der Waals surface area contributed by atoms with Crippen molar-refractivity contribution in [2.45, 2.75) is 26.4 Å². The van der Waals surface area contributed by atoms with Crippen molar-refractivity contribution in [3.05, 3.63) is 18.2 Å². The minimum Gasteiger partial charge on any atom is -0.508 e. The minimum atomic E-state index is -0.273. The van der Waals surface area contributed by atoms with Crippen molar-refractivity contribution in [2.75, 3.05) is 5.73 Å². The number of hydrogen-bond donors (Lipinski definition) is 2. The van der Waals surface area contributed by atoms with Crippen LogP contribution in [0.15, 0.2) is 18.2 Å². The Bertz CT molecular complexity index is 302. The van der Waals surface area contributed by atoms with Crippen molar-refractivity contribution in [2.24, 2.45) is 0 Å². The van der Waals surface area contributed by atoms with Gasteiger partial charge in [-0.3, -0.25) is 0 Å². The van der Waals surface area contributed by atoms with Crippen LogP contribution in [0, 0.1) is 0 Å². The van der Waals surface area contributed by atoms with Crippen LogP contribution in [-0.2, 0) is 0 Å². The van der Waals surface area contributed by atoms with Gasteiger partial charge in [-0.25, -0.2) is 0 Å². The molecule has 0 saturated carbocycles. The molecule has 3 N–H and O–H groups in total. The highest BCUT2D eigenvalue weighted by Gasteiger charge is 2.13. The fraction of sp³-hybridized carbons (Fsp3) is 0.400. The maximum absolute atomic E-state index is 9.10. The van der Waals surface area contributed by atoms with E-state index in [1.807, 2.05) is 20.8 Å². The summed E-state index contributed by atoms with van der Waals surface area (Å²) in [4.78, 5) is 0. The molecular formula is C10H15NO2. The quantitative estimate of drug-likeness (QED) is 0.653. The van der Waals surface area contributed by atoms with E-state index in [1.54, 1.807) is 12.1 Å². The van der Waals surface area contributed by atoms with Gasteiger partial charge in [-0.2, -0.15) is 0 Å². The SMILES string of the molecule is CC(C)(C)Oc1ccc(O)cc1N. The van der Waals surface area contributed by atoms with Crippen LogP contribution in [0.3, 0.4) is 0 Å². The van der Waals surface area contributed by atoms with E-state index in [1.165, 1.54) is 6.07 Å². The number of hydrogen-bond acceptors (Lipinski definition) is 3. The molecule has 0 spiro atoms. The average Bonchev–Trinajstić information content (AvgIpc) is 1.93. The zero-order valence-corrected chi connectivity index (χ0v) is 8.16. The Morgan fingerprint density at radius 1 is 1.31 bits per heavy atom. The maximum atomic E-state index is 9.10. The van der Waals surface area contributed by atoms with Crippen molar-refractivity contribution < 1.29 is 9.84 Å². The summed E-state index contributed by atoms with van der Waals surface area (Å²) in [7, 11) is 0. The summed E-state index contributed by atoms with van der Waals surface area (Å²) in [6.45, 7) is 5.83. The topological polar surface area (TPSA) is 55.5 Å². The van der Waals surface area contributed by atoms with Crippen LogP contribution in [0.25, 0.3) is 0 Å². The highest BCUT2D eigenvalue weighted by atomic mass is 16.5. The number of nitrogen functional groups attached to an aromatic ring is 1. The first kappa shape index (κ1) is 9.71. The predicted octanol–water partition coefficient (Wildman–Crippen LogP) is 2.15. The van der Waals surface area contributed by atoms with Gasteiger partial charge in [0.05, 0.1) is 5.69 Å². The first-order valence-electron chi connectivity index (χ1n) is 4.16. The second kappa shape index (κ2) is 3.17. The fourth-order valence-electron chi connectivity index (χ4n) is 0.959. The van der Waals surface area contributed by atoms with Crippen LogP contribution in [-0.4, -0.2) is 10.7 Å². The third-order valence-electron chi connectivity index (χ3n) is 1.41. The first-order chi connectivity index (χ1) is 5.88. The molecule has 0 radical (unpaired) electrons. The summed E-state index contributed by atoms with van der Waals surface area (Å²) in [6.07, 6.45) is 0. The maximum Gasteiger partial charge on any atom is 0.143 e. The van der Waals surface area contributed by atoms with Crippen LogP contribution >= 0.6 is 0 Å². The molecule has 0 bridgehead atoms. The van der Waals surface area contributed by atoms with E-state index in [4.69, 9.17) is 15.6 Å². The first-order valence-corrected chi connectivity index (χ1v) is 4.16. The van der Waals surface area contributed by atoms with Gasteiger partial charge in [0.25, 0.3) is 0 Å². The lowest BCUT2D eigenvalue weighted by atomic mass is 10.2. The Labute approximate surface area is 78.1 Å². The molecule has 0 amide bonds. The molecule has 0 aliphatic rings. The van der Waals surface area contributed by atoms with Crippen LogP contribution in [0.4, 0.5) is 5.69 Å². The van der Waals surface area contributed by atoms with Gasteiger partial charge in [0.15, 0.2) is 0 Å². The van der Waals surface area contributed by atoms with Crippen molar-refractivity contribution >= 4 is 5.69 Å². The van der Waals surface area contributed by atoms with Crippen LogP contribution in [0.2, 0.25) is 0 Å². The molecule has 0 saturated heterocycles. The zero-order chi connectivity index (χ0) is 10.1. The Morgan fingerprint density at radius 3 is 2.38 bits per heavy atom. The molecule has 0 atom stereocenters. The summed E-state index contributed by atoms with van der Waals surface area (Å²) in [5, 5.41) is 9.10. The molecule has 1 aromatic carbocycles. The molecule has 72 valence electrons. The van der Waals surface area contributed by atoms with E-state index in [-0.39, 0.29) is 11.4 Å². The van der Waals surface area contributed by atoms with Gasteiger partial charge < -0.3 is 15.6 Å². The lowest BCUT2D eigenvalue weighted by Gasteiger charge is -2.22. The molecule has 0 heterocycles. The summed E-state index contributed by atoms with van der Waals surface area (Å²) >= 11 is 0. The lowest BCUT2D eigenvalue weighted by Crippen LogP contribution is -2.23. The average molecular weight is 181 g/mol. The summed E-state index contributed by atoms with van der Waals surface area (Å²) in [5.41, 5.74) is 5.82. The summed E-state index contributed by atoms with van der Waals surface area (Å²) < 4.78 is 5.55. The van der Waals surface area contributed by atoms with Gasteiger partial charge in [0.2, 0.25) is 0 Å². The fourth-order valence-corrected chi connectivity index (χ4v) is 0.959. The van der Waals surface area contributed by atoms with E-state index < -0.39 is 0 Å². The van der Waals surface area contributed by atoms with Crippen molar-refractivity contribution in [1.29, 1.82) is 0 Å². The molecule has 0 aliphatic heterocycles. The van der Waals surface area contributed by atoms with E-state index in [0.29, 0.717) is 11.4 Å². The third-order valence-corrected chi connectivity index (χ3v) is 1.41. The van der Waals surface area contributed by atoms with E-state index in [0.717, 1.165) is 0 Å². The van der Waals surface area contributed by atoms with Crippen LogP contribution in [0.1, 0.15) is 20.8 Å². The van der Waals surface area contributed by atoms with E-state index >= 15 is 0 Å². The Morgan fingerprint density at radius 2 is 1.92 bits per heavy atom. The lowest BCUT2D eigenvalue weighted by molar-refractivity contribution is 0.132.